The zero-order chi connectivity index (χ0) is 15.8. The van der Waals surface area contributed by atoms with Crippen molar-refractivity contribution >= 4 is 17.7 Å². The lowest BCUT2D eigenvalue weighted by Gasteiger charge is -2.08. The Morgan fingerprint density at radius 3 is 2.82 bits per heavy atom. The third kappa shape index (κ3) is 5.77. The summed E-state index contributed by atoms with van der Waals surface area (Å²) >= 11 is 1.43. The van der Waals surface area contributed by atoms with E-state index in [2.05, 4.69) is 10.3 Å². The monoisotopic (exact) mass is 316 g/mol. The average Bonchev–Trinajstić information content (AvgIpc) is 2.51. The van der Waals surface area contributed by atoms with Gasteiger partial charge < -0.3 is 10.1 Å². The summed E-state index contributed by atoms with van der Waals surface area (Å²) in [6.45, 7) is 4.96. The average molecular weight is 316 g/mol. The molecule has 1 aromatic carbocycles. The molecular weight excluding hydrogens is 296 g/mol. The number of aryl methyl sites for hydroxylation is 2. The second-order valence-corrected chi connectivity index (χ2v) is 5.97. The summed E-state index contributed by atoms with van der Waals surface area (Å²) in [5, 5.41) is 3.69. The van der Waals surface area contributed by atoms with Crippen LogP contribution in [-0.4, -0.2) is 29.8 Å². The van der Waals surface area contributed by atoms with Crippen LogP contribution in [0.2, 0.25) is 0 Å². The van der Waals surface area contributed by atoms with Crippen LogP contribution in [-0.2, 0) is 4.79 Å². The molecule has 0 aliphatic rings. The van der Waals surface area contributed by atoms with E-state index in [4.69, 9.17) is 4.74 Å². The Kier molecular flexibility index (Phi) is 6.27. The van der Waals surface area contributed by atoms with Crippen molar-refractivity contribution in [2.45, 2.75) is 18.9 Å². The number of pyridine rings is 1. The Hall–Kier alpha value is -2.01. The summed E-state index contributed by atoms with van der Waals surface area (Å²) in [6.07, 6.45) is 1.80. The summed E-state index contributed by atoms with van der Waals surface area (Å²) in [5.41, 5.74) is 2.27. The largest absolute Gasteiger partial charge is 0.492 e. The van der Waals surface area contributed by atoms with Crippen LogP contribution in [0.25, 0.3) is 0 Å². The van der Waals surface area contributed by atoms with E-state index < -0.39 is 0 Å². The highest BCUT2D eigenvalue weighted by molar-refractivity contribution is 7.99. The molecule has 2 rings (SSSR count). The van der Waals surface area contributed by atoms with Gasteiger partial charge in [-0.3, -0.25) is 4.79 Å². The van der Waals surface area contributed by atoms with Gasteiger partial charge in [0.1, 0.15) is 12.4 Å². The van der Waals surface area contributed by atoms with Crippen LogP contribution < -0.4 is 10.1 Å². The predicted octanol–water partition coefficient (Wildman–Crippen LogP) is 2.99. The molecule has 0 saturated heterocycles. The molecule has 0 fully saturated rings. The summed E-state index contributed by atoms with van der Waals surface area (Å²) in [7, 11) is 0. The fourth-order valence-electron chi connectivity index (χ4n) is 1.79. The fourth-order valence-corrected chi connectivity index (χ4v) is 2.47. The van der Waals surface area contributed by atoms with Crippen molar-refractivity contribution in [3.05, 3.63) is 53.7 Å². The topological polar surface area (TPSA) is 51.2 Å². The van der Waals surface area contributed by atoms with Crippen LogP contribution in [0.15, 0.2) is 47.6 Å². The number of carbonyl (C=O) groups is 1. The molecule has 0 bridgehead atoms. The van der Waals surface area contributed by atoms with Crippen LogP contribution in [0.1, 0.15) is 11.1 Å². The highest BCUT2D eigenvalue weighted by Gasteiger charge is 2.03. The summed E-state index contributed by atoms with van der Waals surface area (Å²) in [4.78, 5) is 16.0. The molecule has 0 aliphatic carbocycles. The van der Waals surface area contributed by atoms with E-state index in [9.17, 15) is 4.79 Å². The van der Waals surface area contributed by atoms with Gasteiger partial charge in [0.25, 0.3) is 0 Å². The molecule has 22 heavy (non-hydrogen) atoms. The quantitative estimate of drug-likeness (QED) is 0.630. The number of nitrogens with zero attached hydrogens (tertiary/aromatic N) is 1. The first-order valence-corrected chi connectivity index (χ1v) is 8.13. The number of amides is 1. The first-order valence-electron chi connectivity index (χ1n) is 7.15. The number of nitrogens with one attached hydrogen (secondary N) is 1. The minimum Gasteiger partial charge on any atom is -0.492 e. The summed E-state index contributed by atoms with van der Waals surface area (Å²) < 4.78 is 5.58. The Labute approximate surface area is 135 Å². The fraction of sp³-hybridized carbons (Fsp3) is 0.294. The molecule has 2 aromatic rings. The Bertz CT molecular complexity index is 614. The molecule has 0 atom stereocenters. The van der Waals surface area contributed by atoms with Crippen molar-refractivity contribution < 1.29 is 9.53 Å². The summed E-state index contributed by atoms with van der Waals surface area (Å²) in [6, 6.07) is 11.8. The zero-order valence-electron chi connectivity index (χ0n) is 12.8. The SMILES string of the molecule is Cc1ccc(SCC(=O)NCCOc2cccc(C)c2)nc1. The van der Waals surface area contributed by atoms with Crippen molar-refractivity contribution in [2.24, 2.45) is 0 Å². The number of thioether (sulfide) groups is 1. The Balaban J connectivity index is 1.62. The lowest BCUT2D eigenvalue weighted by Crippen LogP contribution is -2.29. The molecule has 5 heteroatoms. The molecule has 116 valence electrons. The van der Waals surface area contributed by atoms with Gasteiger partial charge in [-0.2, -0.15) is 0 Å². The lowest BCUT2D eigenvalue weighted by atomic mass is 10.2. The lowest BCUT2D eigenvalue weighted by molar-refractivity contribution is -0.118. The van der Waals surface area contributed by atoms with Gasteiger partial charge in [-0.25, -0.2) is 4.98 Å². The summed E-state index contributed by atoms with van der Waals surface area (Å²) in [5.74, 6) is 1.17. The first-order chi connectivity index (χ1) is 10.6. The number of hydrogen-bond acceptors (Lipinski definition) is 4. The molecule has 1 N–H and O–H groups in total. The van der Waals surface area contributed by atoms with Crippen molar-refractivity contribution in [1.29, 1.82) is 0 Å². The number of aromatic nitrogens is 1. The number of benzene rings is 1. The van der Waals surface area contributed by atoms with Gasteiger partial charge in [0.2, 0.25) is 5.91 Å². The molecule has 1 amide bonds. The van der Waals surface area contributed by atoms with Gasteiger partial charge in [-0.05, 0) is 43.2 Å². The van der Waals surface area contributed by atoms with Gasteiger partial charge in [0, 0.05) is 6.20 Å². The Morgan fingerprint density at radius 1 is 1.23 bits per heavy atom. The number of hydrogen-bond donors (Lipinski definition) is 1. The molecule has 0 spiro atoms. The van der Waals surface area contributed by atoms with Gasteiger partial charge >= 0.3 is 0 Å². The first kappa shape index (κ1) is 16.4. The van der Waals surface area contributed by atoms with E-state index in [1.807, 2.05) is 50.2 Å². The molecule has 1 heterocycles. The standard InChI is InChI=1S/C17H20N2O2S/c1-13-4-3-5-15(10-13)21-9-8-18-16(20)12-22-17-7-6-14(2)11-19-17/h3-7,10-11H,8-9,12H2,1-2H3,(H,18,20). The normalized spacial score (nSPS) is 10.3. The highest BCUT2D eigenvalue weighted by atomic mass is 32.2. The molecule has 0 saturated carbocycles. The van der Waals surface area contributed by atoms with Crippen LogP contribution >= 0.6 is 11.8 Å². The molecule has 0 aliphatic heterocycles. The smallest absolute Gasteiger partial charge is 0.230 e. The second-order valence-electron chi connectivity index (χ2n) is 4.98. The van der Waals surface area contributed by atoms with Crippen molar-refractivity contribution in [2.75, 3.05) is 18.9 Å². The molecular formula is C17H20N2O2S. The van der Waals surface area contributed by atoms with Crippen molar-refractivity contribution in [3.63, 3.8) is 0 Å². The number of ether oxygens (including phenoxy) is 1. The van der Waals surface area contributed by atoms with Gasteiger partial charge in [-0.15, -0.1) is 0 Å². The minimum absolute atomic E-state index is 0.0137. The van der Waals surface area contributed by atoms with E-state index in [0.29, 0.717) is 18.9 Å². The maximum Gasteiger partial charge on any atom is 0.230 e. The van der Waals surface area contributed by atoms with Crippen LogP contribution in [0.5, 0.6) is 5.75 Å². The zero-order valence-corrected chi connectivity index (χ0v) is 13.7. The maximum absolute atomic E-state index is 11.7. The maximum atomic E-state index is 11.7. The number of rotatable bonds is 7. The third-order valence-electron chi connectivity index (χ3n) is 2.92. The van der Waals surface area contributed by atoms with E-state index >= 15 is 0 Å². The van der Waals surface area contributed by atoms with E-state index in [0.717, 1.165) is 21.9 Å². The van der Waals surface area contributed by atoms with Crippen LogP contribution in [0.4, 0.5) is 0 Å². The van der Waals surface area contributed by atoms with Gasteiger partial charge in [0.05, 0.1) is 17.3 Å². The minimum atomic E-state index is -0.0137. The number of carbonyl (C=O) groups excluding carboxylic acids is 1. The van der Waals surface area contributed by atoms with Crippen molar-refractivity contribution in [1.82, 2.24) is 10.3 Å². The van der Waals surface area contributed by atoms with Crippen LogP contribution in [0.3, 0.4) is 0 Å². The third-order valence-corrected chi connectivity index (χ3v) is 3.86. The molecule has 1 aromatic heterocycles. The molecule has 0 unspecified atom stereocenters. The van der Waals surface area contributed by atoms with E-state index in [1.54, 1.807) is 6.20 Å². The van der Waals surface area contributed by atoms with Gasteiger partial charge in [-0.1, -0.05) is 30.0 Å². The van der Waals surface area contributed by atoms with E-state index in [-0.39, 0.29) is 5.91 Å². The molecule has 4 nitrogen and oxygen atoms in total. The molecule has 0 radical (unpaired) electrons. The predicted molar refractivity (Wildman–Crippen MR) is 89.4 cm³/mol. The van der Waals surface area contributed by atoms with Gasteiger partial charge in [0.15, 0.2) is 0 Å². The second kappa shape index (κ2) is 8.44. The highest BCUT2D eigenvalue weighted by Crippen LogP contribution is 2.14. The van der Waals surface area contributed by atoms with Crippen molar-refractivity contribution in [3.8, 4) is 5.75 Å². The van der Waals surface area contributed by atoms with E-state index in [1.165, 1.54) is 11.8 Å². The van der Waals surface area contributed by atoms with Crippen LogP contribution in [0, 0.1) is 13.8 Å². The Morgan fingerprint density at radius 2 is 2.09 bits per heavy atom.